The molecule has 0 unspecified atom stereocenters. The summed E-state index contributed by atoms with van der Waals surface area (Å²) < 4.78 is 4.67. The zero-order chi connectivity index (χ0) is 10.4. The largest absolute Gasteiger partial charge is 0.375 e. The maximum absolute atomic E-state index is 11.1. The summed E-state index contributed by atoms with van der Waals surface area (Å²) in [5.41, 5.74) is 1.03. The van der Waals surface area contributed by atoms with Crippen molar-refractivity contribution in [2.24, 2.45) is 0 Å². The summed E-state index contributed by atoms with van der Waals surface area (Å²) in [7, 11) is 1.47. The van der Waals surface area contributed by atoms with Gasteiger partial charge in [0.1, 0.15) is 6.61 Å². The van der Waals surface area contributed by atoms with Crippen LogP contribution in [0.2, 0.25) is 0 Å². The molecule has 1 aromatic heterocycles. The zero-order valence-corrected chi connectivity index (χ0v) is 8.28. The predicted octanol–water partition coefficient (Wildman–Crippen LogP) is 0.624. The highest BCUT2D eigenvalue weighted by Gasteiger charge is 2.02. The maximum Gasteiger partial charge on any atom is 0.251 e. The van der Waals surface area contributed by atoms with Crippen molar-refractivity contribution in [1.82, 2.24) is 10.2 Å². The first kappa shape index (κ1) is 10.6. The predicted molar refractivity (Wildman–Crippen MR) is 51.9 cm³/mol. The minimum Gasteiger partial charge on any atom is -0.375 e. The van der Waals surface area contributed by atoms with Gasteiger partial charge in [-0.2, -0.15) is 5.10 Å². The highest BCUT2D eigenvalue weighted by atomic mass is 16.5. The van der Waals surface area contributed by atoms with Gasteiger partial charge in [-0.3, -0.25) is 4.79 Å². The fourth-order valence-corrected chi connectivity index (χ4v) is 0.971. The molecular formula is C9H13N3O2. The summed E-state index contributed by atoms with van der Waals surface area (Å²) in [6.45, 7) is 2.04. The van der Waals surface area contributed by atoms with E-state index in [-0.39, 0.29) is 12.5 Å². The summed E-state index contributed by atoms with van der Waals surface area (Å²) in [6.07, 6.45) is 2.54. The number of aryl methyl sites for hydroxylation is 1. The minimum atomic E-state index is -0.227. The molecule has 0 fully saturated rings. The third-order valence-corrected chi connectivity index (χ3v) is 1.66. The summed E-state index contributed by atoms with van der Waals surface area (Å²) in [6, 6.07) is 1.79. The maximum atomic E-state index is 11.1. The first-order valence-electron chi connectivity index (χ1n) is 4.36. The van der Waals surface area contributed by atoms with Crippen LogP contribution < -0.4 is 5.32 Å². The number of hydrogen-bond donors (Lipinski definition) is 1. The molecule has 0 spiro atoms. The number of anilines is 1. The van der Waals surface area contributed by atoms with E-state index in [1.807, 2.05) is 6.92 Å². The van der Waals surface area contributed by atoms with Crippen molar-refractivity contribution in [3.63, 3.8) is 0 Å². The number of nitrogens with zero attached hydrogens (tertiary/aromatic N) is 2. The van der Waals surface area contributed by atoms with Gasteiger partial charge in [-0.1, -0.05) is 6.92 Å². The summed E-state index contributed by atoms with van der Waals surface area (Å²) in [5, 5.41) is 10.1. The molecule has 1 rings (SSSR count). The van der Waals surface area contributed by atoms with E-state index in [9.17, 15) is 4.79 Å². The number of rotatable bonds is 4. The Morgan fingerprint density at radius 2 is 2.43 bits per heavy atom. The van der Waals surface area contributed by atoms with Crippen molar-refractivity contribution in [3.8, 4) is 0 Å². The molecule has 0 aliphatic heterocycles. The topological polar surface area (TPSA) is 64.1 Å². The van der Waals surface area contributed by atoms with Crippen LogP contribution in [0.25, 0.3) is 0 Å². The molecule has 0 aromatic carbocycles. The zero-order valence-electron chi connectivity index (χ0n) is 8.28. The fraction of sp³-hybridized carbons (Fsp3) is 0.444. The lowest BCUT2D eigenvalue weighted by Gasteiger charge is -2.03. The highest BCUT2D eigenvalue weighted by Crippen LogP contribution is 2.04. The van der Waals surface area contributed by atoms with E-state index in [0.717, 1.165) is 12.0 Å². The van der Waals surface area contributed by atoms with Gasteiger partial charge in [-0.05, 0) is 18.1 Å². The molecule has 0 aliphatic carbocycles. The van der Waals surface area contributed by atoms with E-state index in [4.69, 9.17) is 0 Å². The van der Waals surface area contributed by atoms with Gasteiger partial charge in [-0.15, -0.1) is 5.10 Å². The number of carbonyl (C=O) groups is 1. The second-order valence-corrected chi connectivity index (χ2v) is 2.78. The molecule has 1 aromatic rings. The van der Waals surface area contributed by atoms with Gasteiger partial charge in [0.25, 0.3) is 5.91 Å². The molecule has 5 nitrogen and oxygen atoms in total. The van der Waals surface area contributed by atoms with Gasteiger partial charge in [0.2, 0.25) is 0 Å². The summed E-state index contributed by atoms with van der Waals surface area (Å²) >= 11 is 0. The molecule has 76 valence electrons. The van der Waals surface area contributed by atoms with E-state index in [1.165, 1.54) is 7.11 Å². The van der Waals surface area contributed by atoms with Gasteiger partial charge in [0.05, 0.1) is 6.20 Å². The SMILES string of the molecule is CCc1cnnc(NC(=O)COC)c1. The van der Waals surface area contributed by atoms with Crippen molar-refractivity contribution in [3.05, 3.63) is 17.8 Å². The van der Waals surface area contributed by atoms with Crippen LogP contribution in [0.15, 0.2) is 12.3 Å². The van der Waals surface area contributed by atoms with E-state index in [0.29, 0.717) is 5.82 Å². The molecule has 5 heteroatoms. The van der Waals surface area contributed by atoms with Gasteiger partial charge >= 0.3 is 0 Å². The number of ether oxygens (including phenoxy) is 1. The Hall–Kier alpha value is -1.49. The molecule has 0 saturated heterocycles. The van der Waals surface area contributed by atoms with Crippen molar-refractivity contribution in [1.29, 1.82) is 0 Å². The average Bonchev–Trinajstić information content (AvgIpc) is 2.18. The third kappa shape index (κ3) is 3.10. The summed E-state index contributed by atoms with van der Waals surface area (Å²) in [5.74, 6) is 0.237. The first-order chi connectivity index (χ1) is 6.76. The molecule has 14 heavy (non-hydrogen) atoms. The number of methoxy groups -OCH3 is 1. The van der Waals surface area contributed by atoms with Crippen LogP contribution in [0.1, 0.15) is 12.5 Å². The fourth-order valence-electron chi connectivity index (χ4n) is 0.971. The van der Waals surface area contributed by atoms with Gasteiger partial charge in [-0.25, -0.2) is 0 Å². The van der Waals surface area contributed by atoms with E-state index in [2.05, 4.69) is 20.3 Å². The Kier molecular flexibility index (Phi) is 4.00. The van der Waals surface area contributed by atoms with E-state index < -0.39 is 0 Å². The molecule has 0 radical (unpaired) electrons. The Morgan fingerprint density at radius 3 is 3.07 bits per heavy atom. The van der Waals surface area contributed by atoms with Crippen molar-refractivity contribution in [2.45, 2.75) is 13.3 Å². The molecule has 0 aliphatic rings. The lowest BCUT2D eigenvalue weighted by Crippen LogP contribution is -2.18. The first-order valence-corrected chi connectivity index (χ1v) is 4.36. The molecule has 0 bridgehead atoms. The molecular weight excluding hydrogens is 182 g/mol. The lowest BCUT2D eigenvalue weighted by atomic mass is 10.2. The van der Waals surface area contributed by atoms with Crippen LogP contribution in [0.4, 0.5) is 5.82 Å². The standard InChI is InChI=1S/C9H13N3O2/c1-3-7-4-8(12-10-5-7)11-9(13)6-14-2/h4-5H,3,6H2,1-2H3,(H,11,12,13). The third-order valence-electron chi connectivity index (χ3n) is 1.66. The number of aromatic nitrogens is 2. The Balaban J connectivity index is 2.62. The Bertz CT molecular complexity index is 315. The van der Waals surface area contributed by atoms with E-state index in [1.54, 1.807) is 12.3 Å². The van der Waals surface area contributed by atoms with Gasteiger partial charge in [0, 0.05) is 7.11 Å². The summed E-state index contributed by atoms with van der Waals surface area (Å²) in [4.78, 5) is 11.1. The average molecular weight is 195 g/mol. The number of hydrogen-bond acceptors (Lipinski definition) is 4. The molecule has 0 atom stereocenters. The molecule has 1 N–H and O–H groups in total. The minimum absolute atomic E-state index is 0.0258. The molecule has 0 saturated carbocycles. The van der Waals surface area contributed by atoms with E-state index >= 15 is 0 Å². The van der Waals surface area contributed by atoms with Gasteiger partial charge in [0.15, 0.2) is 5.82 Å². The molecule has 1 heterocycles. The van der Waals surface area contributed by atoms with Crippen LogP contribution in [0.3, 0.4) is 0 Å². The lowest BCUT2D eigenvalue weighted by molar-refractivity contribution is -0.119. The monoisotopic (exact) mass is 195 g/mol. The second-order valence-electron chi connectivity index (χ2n) is 2.78. The molecule has 1 amide bonds. The Morgan fingerprint density at radius 1 is 1.64 bits per heavy atom. The normalized spacial score (nSPS) is 9.86. The van der Waals surface area contributed by atoms with Crippen LogP contribution in [-0.4, -0.2) is 29.8 Å². The smallest absolute Gasteiger partial charge is 0.251 e. The Labute approximate surface area is 82.5 Å². The van der Waals surface area contributed by atoms with Crippen LogP contribution in [-0.2, 0) is 16.0 Å². The second kappa shape index (κ2) is 5.29. The van der Waals surface area contributed by atoms with Crippen LogP contribution >= 0.6 is 0 Å². The number of nitrogens with one attached hydrogen (secondary N) is 1. The van der Waals surface area contributed by atoms with Crippen molar-refractivity contribution in [2.75, 3.05) is 19.0 Å². The van der Waals surface area contributed by atoms with Crippen molar-refractivity contribution >= 4 is 11.7 Å². The number of carbonyl (C=O) groups excluding carboxylic acids is 1. The van der Waals surface area contributed by atoms with Crippen molar-refractivity contribution < 1.29 is 9.53 Å². The number of amides is 1. The quantitative estimate of drug-likeness (QED) is 0.765. The van der Waals surface area contributed by atoms with Gasteiger partial charge < -0.3 is 10.1 Å². The highest BCUT2D eigenvalue weighted by molar-refractivity contribution is 5.90. The van der Waals surface area contributed by atoms with Crippen LogP contribution in [0.5, 0.6) is 0 Å². The van der Waals surface area contributed by atoms with Crippen LogP contribution in [0, 0.1) is 0 Å².